The molecular weight excluding hydrogens is 482 g/mol. The average molecular weight is 518 g/mol. The second-order valence-electron chi connectivity index (χ2n) is 10.7. The number of morpholine rings is 1. The number of nitrogens with zero attached hydrogens (tertiary/aromatic N) is 1. The molecule has 194 valence electrons. The van der Waals surface area contributed by atoms with Crippen molar-refractivity contribution in [2.75, 3.05) is 20.8 Å². The van der Waals surface area contributed by atoms with Gasteiger partial charge in [0, 0.05) is 6.54 Å². The van der Waals surface area contributed by atoms with Crippen LogP contribution in [0.2, 0.25) is 5.04 Å². The molecule has 2 aliphatic rings. The number of benzene rings is 3. The molecule has 0 amide bonds. The highest BCUT2D eigenvalue weighted by Crippen LogP contribution is 2.43. The van der Waals surface area contributed by atoms with Gasteiger partial charge in [-0.3, -0.25) is 9.69 Å². The minimum absolute atomic E-state index is 0.0128. The summed E-state index contributed by atoms with van der Waals surface area (Å²) in [6, 6.07) is 26.7. The summed E-state index contributed by atoms with van der Waals surface area (Å²) >= 11 is 0. The van der Waals surface area contributed by atoms with Crippen LogP contribution in [0.3, 0.4) is 0 Å². The van der Waals surface area contributed by atoms with Crippen LogP contribution in [0.5, 0.6) is 11.5 Å². The van der Waals surface area contributed by atoms with E-state index < -0.39 is 8.32 Å². The van der Waals surface area contributed by atoms with Crippen molar-refractivity contribution in [3.05, 3.63) is 84.4 Å². The maximum atomic E-state index is 12.8. The largest absolute Gasteiger partial charge is 0.493 e. The second-order valence-corrected chi connectivity index (χ2v) is 15.1. The lowest BCUT2D eigenvalue weighted by molar-refractivity contribution is -0.147. The Morgan fingerprint density at radius 3 is 2.00 bits per heavy atom. The Morgan fingerprint density at radius 1 is 0.865 bits per heavy atom. The molecule has 2 fully saturated rings. The normalized spacial score (nSPS) is 22.8. The summed E-state index contributed by atoms with van der Waals surface area (Å²) in [5.74, 6) is 1.20. The Labute approximate surface area is 220 Å². The molecule has 0 aliphatic carbocycles. The lowest BCUT2D eigenvalue weighted by Crippen LogP contribution is -2.67. The molecule has 7 heteroatoms. The number of carbonyl (C=O) groups is 1. The van der Waals surface area contributed by atoms with Crippen molar-refractivity contribution < 1.29 is 23.4 Å². The Kier molecular flexibility index (Phi) is 6.87. The number of hydrogen-bond acceptors (Lipinski definition) is 6. The van der Waals surface area contributed by atoms with Gasteiger partial charge in [0.1, 0.15) is 12.1 Å². The monoisotopic (exact) mass is 517 g/mol. The van der Waals surface area contributed by atoms with Gasteiger partial charge in [-0.25, -0.2) is 0 Å². The highest BCUT2D eigenvalue weighted by atomic mass is 28.4. The number of cyclic esters (lactones) is 1. The minimum Gasteiger partial charge on any atom is -0.493 e. The van der Waals surface area contributed by atoms with Gasteiger partial charge in [0.15, 0.2) is 11.5 Å². The number of hydrogen-bond donors (Lipinski definition) is 0. The van der Waals surface area contributed by atoms with Gasteiger partial charge >= 0.3 is 5.97 Å². The van der Waals surface area contributed by atoms with Crippen LogP contribution in [-0.2, 0) is 20.5 Å². The number of carbonyl (C=O) groups excluding carboxylic acids is 1. The highest BCUT2D eigenvalue weighted by Gasteiger charge is 2.64. The molecule has 5 rings (SSSR count). The molecular formula is C30H35NO5Si. The van der Waals surface area contributed by atoms with Gasteiger partial charge in [-0.1, -0.05) is 87.5 Å². The van der Waals surface area contributed by atoms with Crippen molar-refractivity contribution in [3.63, 3.8) is 0 Å². The van der Waals surface area contributed by atoms with Crippen molar-refractivity contribution in [2.45, 2.75) is 50.5 Å². The smallest absolute Gasteiger partial charge is 0.325 e. The van der Waals surface area contributed by atoms with Gasteiger partial charge in [-0.15, -0.1) is 0 Å². The summed E-state index contributed by atoms with van der Waals surface area (Å²) in [5, 5.41) is 2.29. The van der Waals surface area contributed by atoms with E-state index in [1.54, 1.807) is 14.2 Å². The molecule has 4 atom stereocenters. The zero-order valence-electron chi connectivity index (χ0n) is 22.1. The van der Waals surface area contributed by atoms with Crippen LogP contribution >= 0.6 is 0 Å². The molecule has 0 aromatic heterocycles. The molecule has 37 heavy (non-hydrogen) atoms. The molecule has 1 unspecified atom stereocenters. The SMILES string of the molecule is COc1ccc(CN2[C@@H]3[C@@H](CO[Si](c4ccccc4)(c4ccccc4)C(C)(C)C)OC(=O)[C@@H]32)cc1OC. The molecule has 3 aromatic rings. The number of rotatable bonds is 9. The molecule has 3 aromatic carbocycles. The summed E-state index contributed by atoms with van der Waals surface area (Å²) in [6.07, 6.45) is -0.306. The third-order valence-electron chi connectivity index (χ3n) is 7.56. The van der Waals surface area contributed by atoms with Crippen molar-refractivity contribution in [3.8, 4) is 11.5 Å². The quantitative estimate of drug-likeness (QED) is 0.245. The predicted octanol–water partition coefficient (Wildman–Crippen LogP) is 3.76. The molecule has 0 saturated carbocycles. The zero-order valence-corrected chi connectivity index (χ0v) is 23.1. The number of fused-ring (bicyclic) bond motifs is 1. The van der Waals surface area contributed by atoms with E-state index in [-0.39, 0.29) is 29.2 Å². The lowest BCUT2D eigenvalue weighted by Gasteiger charge is -2.43. The standard InChI is InChI=1S/C30H35NO5Si/c1-30(2,3)37(22-12-8-6-9-13-22,23-14-10-7-11-15-23)35-20-26-27-28(29(32)36-26)31(27)19-21-16-17-24(33-4)25(18-21)34-5/h6-18,26-28H,19-20H2,1-5H3/t26-,27-,28-,31?/m1/s1. The average Bonchev–Trinajstić information content (AvgIpc) is 3.51. The minimum atomic E-state index is -2.71. The van der Waals surface area contributed by atoms with Gasteiger partial charge in [-0.05, 0) is 33.1 Å². The fourth-order valence-electron chi connectivity index (χ4n) is 5.77. The molecule has 2 heterocycles. The van der Waals surface area contributed by atoms with E-state index >= 15 is 0 Å². The number of methoxy groups -OCH3 is 2. The first-order valence-electron chi connectivity index (χ1n) is 12.7. The third-order valence-corrected chi connectivity index (χ3v) is 12.6. The van der Waals surface area contributed by atoms with Crippen LogP contribution in [0.4, 0.5) is 0 Å². The topological polar surface area (TPSA) is 57.0 Å². The number of ether oxygens (including phenoxy) is 3. The van der Waals surface area contributed by atoms with Gasteiger partial charge < -0.3 is 18.6 Å². The van der Waals surface area contributed by atoms with Gasteiger partial charge in [0.25, 0.3) is 8.32 Å². The van der Waals surface area contributed by atoms with Crippen LogP contribution in [0.15, 0.2) is 78.9 Å². The third kappa shape index (κ3) is 4.56. The number of esters is 1. The maximum Gasteiger partial charge on any atom is 0.325 e. The maximum absolute atomic E-state index is 12.8. The van der Waals surface area contributed by atoms with Crippen molar-refractivity contribution in [1.29, 1.82) is 0 Å². The Balaban J connectivity index is 1.39. The molecule has 6 nitrogen and oxygen atoms in total. The van der Waals surface area contributed by atoms with E-state index in [0.29, 0.717) is 24.7 Å². The van der Waals surface area contributed by atoms with Gasteiger partial charge in [0.2, 0.25) is 0 Å². The molecule has 0 spiro atoms. The fraction of sp³-hybridized carbons (Fsp3) is 0.367. The van der Waals surface area contributed by atoms with Gasteiger partial charge in [0.05, 0.1) is 26.9 Å². The van der Waals surface area contributed by atoms with E-state index in [0.717, 1.165) is 5.56 Å². The zero-order chi connectivity index (χ0) is 26.2. The summed E-state index contributed by atoms with van der Waals surface area (Å²) in [6.45, 7) is 7.76. The van der Waals surface area contributed by atoms with Crippen LogP contribution < -0.4 is 19.8 Å². The summed E-state index contributed by atoms with van der Waals surface area (Å²) in [7, 11) is 0.543. The van der Waals surface area contributed by atoms with Crippen molar-refractivity contribution >= 4 is 24.7 Å². The van der Waals surface area contributed by atoms with E-state index in [9.17, 15) is 4.79 Å². The van der Waals surface area contributed by atoms with Crippen LogP contribution in [0.25, 0.3) is 0 Å². The van der Waals surface area contributed by atoms with Gasteiger partial charge in [-0.2, -0.15) is 0 Å². The fourth-order valence-corrected chi connectivity index (χ4v) is 10.3. The van der Waals surface area contributed by atoms with E-state index in [4.69, 9.17) is 18.6 Å². The molecule has 0 N–H and O–H groups in total. The Bertz CT molecular complexity index is 1200. The molecule has 0 bridgehead atoms. The Hall–Kier alpha value is -3.13. The first-order chi connectivity index (χ1) is 17.8. The first kappa shape index (κ1) is 25.5. The summed E-state index contributed by atoms with van der Waals surface area (Å²) in [5.41, 5.74) is 1.06. The van der Waals surface area contributed by atoms with Crippen LogP contribution in [0, 0.1) is 0 Å². The first-order valence-corrected chi connectivity index (χ1v) is 14.6. The summed E-state index contributed by atoms with van der Waals surface area (Å²) < 4.78 is 23.7. The second kappa shape index (κ2) is 9.97. The molecule has 2 aliphatic heterocycles. The van der Waals surface area contributed by atoms with Crippen LogP contribution in [-0.4, -0.2) is 58.2 Å². The Morgan fingerprint density at radius 2 is 1.46 bits per heavy atom. The van der Waals surface area contributed by atoms with Crippen molar-refractivity contribution in [2.24, 2.45) is 0 Å². The summed E-state index contributed by atoms with van der Waals surface area (Å²) in [4.78, 5) is 14.9. The molecule has 2 saturated heterocycles. The van der Waals surface area contributed by atoms with Crippen molar-refractivity contribution in [1.82, 2.24) is 4.90 Å². The highest BCUT2D eigenvalue weighted by molar-refractivity contribution is 6.99. The predicted molar refractivity (Wildman–Crippen MR) is 146 cm³/mol. The van der Waals surface area contributed by atoms with Crippen LogP contribution in [0.1, 0.15) is 26.3 Å². The van der Waals surface area contributed by atoms with E-state index in [1.807, 2.05) is 30.3 Å². The van der Waals surface area contributed by atoms with E-state index in [2.05, 4.69) is 74.2 Å². The van der Waals surface area contributed by atoms with E-state index in [1.165, 1.54) is 10.4 Å². The lowest BCUT2D eigenvalue weighted by atomic mass is 10.2. The molecule has 0 radical (unpaired) electrons.